The summed E-state index contributed by atoms with van der Waals surface area (Å²) in [6.07, 6.45) is 0.902. The van der Waals surface area contributed by atoms with Crippen molar-refractivity contribution in [2.45, 2.75) is 65.2 Å². The van der Waals surface area contributed by atoms with E-state index in [0.717, 1.165) is 11.3 Å². The number of hydrogen-bond acceptors (Lipinski definition) is 6. The lowest BCUT2D eigenvalue weighted by Crippen LogP contribution is -2.47. The zero-order chi connectivity index (χ0) is 21.7. The van der Waals surface area contributed by atoms with Crippen LogP contribution in [-0.2, 0) is 20.7 Å². The fourth-order valence-electron chi connectivity index (χ4n) is 2.50. The number of aromatic nitrogens is 2. The molecule has 0 radical (unpaired) electrons. The lowest BCUT2D eigenvalue weighted by molar-refractivity contribution is -0.157. The van der Waals surface area contributed by atoms with Gasteiger partial charge in [-0.25, -0.2) is 19.6 Å². The van der Waals surface area contributed by atoms with E-state index in [1.807, 2.05) is 30.3 Å². The first-order valence-electron chi connectivity index (χ1n) is 9.52. The second-order valence-electron chi connectivity index (χ2n) is 8.70. The summed E-state index contributed by atoms with van der Waals surface area (Å²) in [5, 5.41) is 2.61. The standard InChI is InChI=1S/C22H29N3O4/c1-21(2,3)28-19(26)18(25-20(27)29-22(4,5)6)13-16-12-17(24-14-23-16)15-10-8-7-9-11-15/h7-12,14,18H,13H2,1-6H3,(H,25,27). The molecule has 0 spiro atoms. The molecule has 0 aliphatic heterocycles. The van der Waals surface area contributed by atoms with Crippen LogP contribution in [-0.4, -0.2) is 39.3 Å². The molecule has 0 saturated heterocycles. The minimum Gasteiger partial charge on any atom is -0.458 e. The Morgan fingerprint density at radius 2 is 1.59 bits per heavy atom. The van der Waals surface area contributed by atoms with E-state index in [9.17, 15) is 9.59 Å². The Labute approximate surface area is 171 Å². The molecule has 0 aliphatic carbocycles. The number of esters is 1. The second kappa shape index (κ2) is 9.03. The Morgan fingerprint density at radius 3 is 2.17 bits per heavy atom. The molecule has 1 amide bonds. The van der Waals surface area contributed by atoms with Crippen molar-refractivity contribution < 1.29 is 19.1 Å². The lowest BCUT2D eigenvalue weighted by atomic mass is 10.1. The van der Waals surface area contributed by atoms with E-state index in [4.69, 9.17) is 9.47 Å². The summed E-state index contributed by atoms with van der Waals surface area (Å²) >= 11 is 0. The Balaban J connectivity index is 2.22. The van der Waals surface area contributed by atoms with Crippen molar-refractivity contribution in [3.05, 3.63) is 48.4 Å². The van der Waals surface area contributed by atoms with Gasteiger partial charge in [-0.05, 0) is 47.6 Å². The number of alkyl carbamates (subject to hydrolysis) is 1. The molecule has 0 fully saturated rings. The van der Waals surface area contributed by atoms with Crippen LogP contribution in [0, 0.1) is 0 Å². The number of nitrogens with one attached hydrogen (secondary N) is 1. The predicted molar refractivity (Wildman–Crippen MR) is 110 cm³/mol. The number of nitrogens with zero attached hydrogens (tertiary/aromatic N) is 2. The molecule has 0 saturated carbocycles. The molecule has 1 N–H and O–H groups in total. The van der Waals surface area contributed by atoms with E-state index in [1.54, 1.807) is 47.6 Å². The van der Waals surface area contributed by atoms with Crippen LogP contribution in [0.1, 0.15) is 47.2 Å². The highest BCUT2D eigenvalue weighted by molar-refractivity contribution is 5.82. The highest BCUT2D eigenvalue weighted by atomic mass is 16.6. The summed E-state index contributed by atoms with van der Waals surface area (Å²) in [6.45, 7) is 10.6. The minimum atomic E-state index is -0.942. The van der Waals surface area contributed by atoms with Gasteiger partial charge >= 0.3 is 12.1 Å². The van der Waals surface area contributed by atoms with E-state index in [0.29, 0.717) is 5.69 Å². The predicted octanol–water partition coefficient (Wildman–Crippen LogP) is 3.92. The summed E-state index contributed by atoms with van der Waals surface area (Å²) in [5.74, 6) is -0.553. The molecule has 1 aromatic carbocycles. The molecule has 1 heterocycles. The molecule has 2 rings (SSSR count). The maximum absolute atomic E-state index is 12.7. The average molecular weight is 399 g/mol. The Kier molecular flexibility index (Phi) is 6.95. The average Bonchev–Trinajstić information content (AvgIpc) is 2.59. The van der Waals surface area contributed by atoms with Crippen LogP contribution in [0.5, 0.6) is 0 Å². The van der Waals surface area contributed by atoms with Crippen LogP contribution in [0.4, 0.5) is 4.79 Å². The lowest BCUT2D eigenvalue weighted by Gasteiger charge is -2.26. The number of carbonyl (C=O) groups excluding carboxylic acids is 2. The summed E-state index contributed by atoms with van der Waals surface area (Å²) in [5.41, 5.74) is 0.899. The topological polar surface area (TPSA) is 90.4 Å². The Bertz CT molecular complexity index is 839. The van der Waals surface area contributed by atoms with Crippen molar-refractivity contribution in [2.75, 3.05) is 0 Å². The third-order valence-electron chi connectivity index (χ3n) is 3.59. The van der Waals surface area contributed by atoms with Gasteiger partial charge in [0.25, 0.3) is 0 Å². The quantitative estimate of drug-likeness (QED) is 0.767. The highest BCUT2D eigenvalue weighted by Gasteiger charge is 2.29. The molecule has 0 bridgehead atoms. The summed E-state index contributed by atoms with van der Waals surface area (Å²) < 4.78 is 10.8. The minimum absolute atomic E-state index is 0.149. The van der Waals surface area contributed by atoms with Gasteiger partial charge in [0.1, 0.15) is 23.6 Å². The fraction of sp³-hybridized carbons (Fsp3) is 0.455. The SMILES string of the molecule is CC(C)(C)OC(=O)NC(Cc1cc(-c2ccccc2)ncn1)C(=O)OC(C)(C)C. The fourth-order valence-corrected chi connectivity index (χ4v) is 2.50. The number of carbonyl (C=O) groups is 2. The molecule has 1 aromatic heterocycles. The summed E-state index contributed by atoms with van der Waals surface area (Å²) in [6, 6.07) is 10.5. The van der Waals surface area contributed by atoms with Crippen LogP contribution in [0.3, 0.4) is 0 Å². The van der Waals surface area contributed by atoms with Gasteiger partial charge in [0.15, 0.2) is 0 Å². The third-order valence-corrected chi connectivity index (χ3v) is 3.59. The van der Waals surface area contributed by atoms with Crippen molar-refractivity contribution in [3.63, 3.8) is 0 Å². The Morgan fingerprint density at radius 1 is 0.966 bits per heavy atom. The second-order valence-corrected chi connectivity index (χ2v) is 8.70. The molecule has 0 aliphatic rings. The zero-order valence-electron chi connectivity index (χ0n) is 17.9. The molecular formula is C22H29N3O4. The first-order chi connectivity index (χ1) is 13.4. The molecule has 2 aromatic rings. The van der Waals surface area contributed by atoms with Gasteiger partial charge in [0.05, 0.1) is 5.69 Å². The van der Waals surface area contributed by atoms with E-state index in [2.05, 4.69) is 15.3 Å². The van der Waals surface area contributed by atoms with Crippen molar-refractivity contribution >= 4 is 12.1 Å². The van der Waals surface area contributed by atoms with Gasteiger partial charge in [-0.2, -0.15) is 0 Å². The van der Waals surface area contributed by atoms with Crippen LogP contribution in [0.25, 0.3) is 11.3 Å². The van der Waals surface area contributed by atoms with Crippen LogP contribution < -0.4 is 5.32 Å². The van der Waals surface area contributed by atoms with Crippen LogP contribution in [0.2, 0.25) is 0 Å². The van der Waals surface area contributed by atoms with Crippen molar-refractivity contribution in [3.8, 4) is 11.3 Å². The van der Waals surface area contributed by atoms with Gasteiger partial charge in [-0.1, -0.05) is 30.3 Å². The monoisotopic (exact) mass is 399 g/mol. The normalized spacial score (nSPS) is 12.8. The number of benzene rings is 1. The molecule has 1 atom stereocenters. The number of rotatable bonds is 5. The van der Waals surface area contributed by atoms with Gasteiger partial charge in [-0.3, -0.25) is 0 Å². The first kappa shape index (κ1) is 22.3. The van der Waals surface area contributed by atoms with Gasteiger partial charge in [0, 0.05) is 17.7 Å². The molecular weight excluding hydrogens is 370 g/mol. The van der Waals surface area contributed by atoms with Crippen molar-refractivity contribution in [1.29, 1.82) is 0 Å². The maximum atomic E-state index is 12.7. The number of ether oxygens (including phenoxy) is 2. The zero-order valence-corrected chi connectivity index (χ0v) is 17.9. The van der Waals surface area contributed by atoms with Crippen molar-refractivity contribution in [2.24, 2.45) is 0 Å². The van der Waals surface area contributed by atoms with E-state index >= 15 is 0 Å². The van der Waals surface area contributed by atoms with E-state index in [1.165, 1.54) is 6.33 Å². The number of hydrogen-bond donors (Lipinski definition) is 1. The van der Waals surface area contributed by atoms with E-state index in [-0.39, 0.29) is 6.42 Å². The third kappa shape index (κ3) is 7.89. The summed E-state index contributed by atoms with van der Waals surface area (Å²) in [4.78, 5) is 33.5. The molecule has 156 valence electrons. The molecule has 29 heavy (non-hydrogen) atoms. The Hall–Kier alpha value is -2.96. The van der Waals surface area contributed by atoms with Gasteiger partial charge < -0.3 is 14.8 Å². The summed E-state index contributed by atoms with van der Waals surface area (Å²) in [7, 11) is 0. The van der Waals surface area contributed by atoms with Crippen LogP contribution in [0.15, 0.2) is 42.7 Å². The highest BCUT2D eigenvalue weighted by Crippen LogP contribution is 2.18. The molecule has 1 unspecified atom stereocenters. The van der Waals surface area contributed by atoms with Gasteiger partial charge in [0.2, 0.25) is 0 Å². The number of amides is 1. The first-order valence-corrected chi connectivity index (χ1v) is 9.52. The van der Waals surface area contributed by atoms with Gasteiger partial charge in [-0.15, -0.1) is 0 Å². The smallest absolute Gasteiger partial charge is 0.408 e. The maximum Gasteiger partial charge on any atom is 0.408 e. The van der Waals surface area contributed by atoms with Crippen LogP contribution >= 0.6 is 0 Å². The molecule has 7 heteroatoms. The largest absolute Gasteiger partial charge is 0.458 e. The molecule has 7 nitrogen and oxygen atoms in total. The van der Waals surface area contributed by atoms with E-state index < -0.39 is 29.3 Å². The van der Waals surface area contributed by atoms with Crippen molar-refractivity contribution in [1.82, 2.24) is 15.3 Å².